The van der Waals surface area contributed by atoms with Crippen LogP contribution in [0.3, 0.4) is 0 Å². The second-order valence-electron chi connectivity index (χ2n) is 6.32. The van der Waals surface area contributed by atoms with E-state index in [-0.39, 0.29) is 5.91 Å². The molecule has 0 bridgehead atoms. The van der Waals surface area contributed by atoms with Crippen LogP contribution in [-0.2, 0) is 16.1 Å². The molecule has 8 nitrogen and oxygen atoms in total. The van der Waals surface area contributed by atoms with Crippen LogP contribution in [0.15, 0.2) is 4.52 Å². The van der Waals surface area contributed by atoms with Crippen molar-refractivity contribution in [1.29, 1.82) is 0 Å². The van der Waals surface area contributed by atoms with Crippen molar-refractivity contribution in [3.8, 4) is 0 Å². The quantitative estimate of drug-likeness (QED) is 0.739. The molecular formula is C15H25N5O3. The molecule has 1 aromatic rings. The Morgan fingerprint density at radius 2 is 2.13 bits per heavy atom. The molecule has 1 atom stereocenters. The number of morpholine rings is 1. The monoisotopic (exact) mass is 323 g/mol. The smallest absolute Gasteiger partial charge is 0.236 e. The average molecular weight is 323 g/mol. The first-order chi connectivity index (χ1) is 11.1. The Balaban J connectivity index is 1.45. The lowest BCUT2D eigenvalue weighted by Gasteiger charge is -2.29. The van der Waals surface area contributed by atoms with Gasteiger partial charge in [0.25, 0.3) is 0 Å². The molecule has 1 amide bonds. The predicted molar refractivity (Wildman–Crippen MR) is 82.7 cm³/mol. The number of ether oxygens (including phenoxy) is 1. The predicted octanol–water partition coefficient (Wildman–Crippen LogP) is -0.257. The summed E-state index contributed by atoms with van der Waals surface area (Å²) in [7, 11) is 2.07. The van der Waals surface area contributed by atoms with Gasteiger partial charge in [0, 0.05) is 39.1 Å². The Morgan fingerprint density at radius 1 is 1.35 bits per heavy atom. The number of aromatic nitrogens is 2. The Morgan fingerprint density at radius 3 is 2.83 bits per heavy atom. The third-order valence-electron chi connectivity index (χ3n) is 4.55. The number of likely N-dealkylation sites (N-methyl/N-ethyl adjacent to an activating group) is 1. The third-order valence-corrected chi connectivity index (χ3v) is 4.55. The fourth-order valence-corrected chi connectivity index (χ4v) is 3.18. The summed E-state index contributed by atoms with van der Waals surface area (Å²) in [5.74, 6) is 1.52. The lowest BCUT2D eigenvalue weighted by molar-refractivity contribution is -0.136. The maximum absolute atomic E-state index is 12.3. The van der Waals surface area contributed by atoms with Crippen LogP contribution >= 0.6 is 0 Å². The Labute approximate surface area is 136 Å². The normalized spacial score (nSPS) is 22.9. The Kier molecular flexibility index (Phi) is 5.24. The van der Waals surface area contributed by atoms with Gasteiger partial charge in [-0.15, -0.1) is 0 Å². The number of hydrogen-bond donors (Lipinski definition) is 0. The van der Waals surface area contributed by atoms with Crippen LogP contribution in [-0.4, -0.2) is 89.8 Å². The van der Waals surface area contributed by atoms with Gasteiger partial charge in [-0.25, -0.2) is 0 Å². The van der Waals surface area contributed by atoms with E-state index in [1.54, 1.807) is 6.92 Å². The molecule has 128 valence electrons. The number of carbonyl (C=O) groups excluding carboxylic acids is 1. The highest BCUT2D eigenvalue weighted by atomic mass is 16.5. The maximum atomic E-state index is 12.3. The minimum absolute atomic E-state index is 0.213. The molecule has 0 aliphatic carbocycles. The fourth-order valence-electron chi connectivity index (χ4n) is 3.18. The molecule has 2 aliphatic heterocycles. The molecule has 3 rings (SSSR count). The van der Waals surface area contributed by atoms with Gasteiger partial charge in [0.05, 0.1) is 26.3 Å². The highest BCUT2D eigenvalue weighted by Gasteiger charge is 2.29. The van der Waals surface area contributed by atoms with Crippen LogP contribution in [0.1, 0.15) is 18.1 Å². The van der Waals surface area contributed by atoms with Crippen molar-refractivity contribution < 1.29 is 14.1 Å². The number of aryl methyl sites for hydroxylation is 1. The van der Waals surface area contributed by atoms with Gasteiger partial charge in [-0.2, -0.15) is 4.98 Å². The second kappa shape index (κ2) is 7.37. The molecule has 0 N–H and O–H groups in total. The van der Waals surface area contributed by atoms with Crippen molar-refractivity contribution >= 4 is 5.91 Å². The Hall–Kier alpha value is -1.51. The van der Waals surface area contributed by atoms with Crippen LogP contribution in [0.5, 0.6) is 0 Å². The van der Waals surface area contributed by atoms with Crippen molar-refractivity contribution in [2.45, 2.75) is 25.9 Å². The van der Waals surface area contributed by atoms with Gasteiger partial charge in [0.2, 0.25) is 11.8 Å². The summed E-state index contributed by atoms with van der Waals surface area (Å²) >= 11 is 0. The third kappa shape index (κ3) is 4.27. The van der Waals surface area contributed by atoms with E-state index in [4.69, 9.17) is 9.26 Å². The number of nitrogens with zero attached hydrogens (tertiary/aromatic N) is 5. The average Bonchev–Trinajstić information content (AvgIpc) is 3.17. The van der Waals surface area contributed by atoms with Gasteiger partial charge in [0.1, 0.15) is 0 Å². The summed E-state index contributed by atoms with van der Waals surface area (Å²) in [6, 6.07) is 0.422. The molecule has 0 aromatic carbocycles. The van der Waals surface area contributed by atoms with E-state index < -0.39 is 0 Å². The van der Waals surface area contributed by atoms with E-state index in [9.17, 15) is 4.79 Å². The highest BCUT2D eigenvalue weighted by Crippen LogP contribution is 2.16. The van der Waals surface area contributed by atoms with Gasteiger partial charge < -0.3 is 14.2 Å². The summed E-state index contributed by atoms with van der Waals surface area (Å²) < 4.78 is 10.3. The van der Waals surface area contributed by atoms with Crippen molar-refractivity contribution in [1.82, 2.24) is 24.8 Å². The van der Waals surface area contributed by atoms with Gasteiger partial charge >= 0.3 is 0 Å². The van der Waals surface area contributed by atoms with Crippen LogP contribution in [0.2, 0.25) is 0 Å². The molecule has 0 saturated carbocycles. The lowest BCUT2D eigenvalue weighted by atomic mass is 10.2. The van der Waals surface area contributed by atoms with Gasteiger partial charge in [-0.1, -0.05) is 5.16 Å². The first-order valence-corrected chi connectivity index (χ1v) is 8.19. The lowest BCUT2D eigenvalue weighted by Crippen LogP contribution is -2.45. The first-order valence-electron chi connectivity index (χ1n) is 8.19. The van der Waals surface area contributed by atoms with Gasteiger partial charge in [-0.3, -0.25) is 14.6 Å². The molecule has 23 heavy (non-hydrogen) atoms. The van der Waals surface area contributed by atoms with Crippen LogP contribution in [0.4, 0.5) is 0 Å². The fraction of sp³-hybridized carbons (Fsp3) is 0.800. The zero-order valence-corrected chi connectivity index (χ0v) is 13.9. The summed E-state index contributed by atoms with van der Waals surface area (Å²) in [5.41, 5.74) is 0. The van der Waals surface area contributed by atoms with Crippen molar-refractivity contribution in [2.24, 2.45) is 0 Å². The minimum atomic E-state index is 0.213. The molecule has 2 aliphatic rings. The molecule has 0 unspecified atom stereocenters. The topological polar surface area (TPSA) is 74.9 Å². The molecule has 2 saturated heterocycles. The number of amides is 1. The van der Waals surface area contributed by atoms with Crippen LogP contribution < -0.4 is 0 Å². The summed E-state index contributed by atoms with van der Waals surface area (Å²) in [6.07, 6.45) is 1.06. The van der Waals surface area contributed by atoms with Crippen LogP contribution in [0, 0.1) is 6.92 Å². The molecule has 1 aromatic heterocycles. The van der Waals surface area contributed by atoms with Crippen molar-refractivity contribution in [3.05, 3.63) is 11.7 Å². The molecule has 3 heterocycles. The standard InChI is InChI=1S/C15H25N5O3/c1-12-16-14(17-23-12)10-18(2)13-3-4-19(9-13)11-15(21)20-5-7-22-8-6-20/h13H,3-11H2,1-2H3/t13-/m0/s1. The number of likely N-dealkylation sites (tertiary alicyclic amines) is 1. The molecule has 8 heteroatoms. The van der Waals surface area contributed by atoms with Crippen LogP contribution in [0.25, 0.3) is 0 Å². The number of rotatable bonds is 5. The number of hydrogen-bond acceptors (Lipinski definition) is 7. The zero-order chi connectivity index (χ0) is 16.2. The van der Waals surface area contributed by atoms with Gasteiger partial charge in [-0.05, 0) is 13.5 Å². The minimum Gasteiger partial charge on any atom is -0.378 e. The SMILES string of the molecule is Cc1nc(CN(C)[C@H]2CCN(CC(=O)N3CCOCC3)C2)no1. The summed E-state index contributed by atoms with van der Waals surface area (Å²) in [4.78, 5) is 22.9. The largest absolute Gasteiger partial charge is 0.378 e. The molecule has 2 fully saturated rings. The van der Waals surface area contributed by atoms with E-state index in [1.165, 1.54) is 0 Å². The molecule has 0 spiro atoms. The highest BCUT2D eigenvalue weighted by molar-refractivity contribution is 5.78. The van der Waals surface area contributed by atoms with E-state index in [1.807, 2.05) is 4.90 Å². The number of carbonyl (C=O) groups is 1. The summed E-state index contributed by atoms with van der Waals surface area (Å²) in [6.45, 7) is 7.58. The van der Waals surface area contributed by atoms with E-state index in [0.29, 0.717) is 57.1 Å². The van der Waals surface area contributed by atoms with E-state index in [2.05, 4.69) is 27.0 Å². The van der Waals surface area contributed by atoms with E-state index in [0.717, 1.165) is 19.5 Å². The zero-order valence-electron chi connectivity index (χ0n) is 13.9. The van der Waals surface area contributed by atoms with Gasteiger partial charge in [0.15, 0.2) is 5.82 Å². The first kappa shape index (κ1) is 16.4. The molecule has 0 radical (unpaired) electrons. The van der Waals surface area contributed by atoms with E-state index >= 15 is 0 Å². The Bertz CT molecular complexity index is 529. The second-order valence-corrected chi connectivity index (χ2v) is 6.32. The van der Waals surface area contributed by atoms with Crippen molar-refractivity contribution in [3.63, 3.8) is 0 Å². The summed E-state index contributed by atoms with van der Waals surface area (Å²) in [5, 5.41) is 3.94. The molecular weight excluding hydrogens is 298 g/mol. The van der Waals surface area contributed by atoms with Crippen molar-refractivity contribution in [2.75, 3.05) is 53.0 Å². The maximum Gasteiger partial charge on any atom is 0.236 e.